The molecule has 0 bridgehead atoms. The summed E-state index contributed by atoms with van der Waals surface area (Å²) in [7, 11) is 0. The first kappa shape index (κ1) is 22.5. The number of carbonyl (C=O) groups is 1. The summed E-state index contributed by atoms with van der Waals surface area (Å²) >= 11 is 6.01. The summed E-state index contributed by atoms with van der Waals surface area (Å²) in [5.74, 6) is 0.986. The lowest BCUT2D eigenvalue weighted by molar-refractivity contribution is -0.131. The molecule has 2 rings (SSSR count). The van der Waals surface area contributed by atoms with E-state index < -0.39 is 0 Å². The first-order valence-electron chi connectivity index (χ1n) is 10.1. The Hall–Kier alpha value is -1.79. The van der Waals surface area contributed by atoms with Crippen molar-refractivity contribution in [1.82, 2.24) is 15.1 Å². The van der Waals surface area contributed by atoms with E-state index in [0.717, 1.165) is 37.6 Å². The fraction of sp³-hybridized carbons (Fsp3) is 0.619. The van der Waals surface area contributed by atoms with Crippen molar-refractivity contribution in [1.29, 1.82) is 0 Å². The van der Waals surface area contributed by atoms with Crippen LogP contribution < -0.4 is 5.32 Å². The van der Waals surface area contributed by atoms with Gasteiger partial charge in [0, 0.05) is 43.2 Å². The maximum absolute atomic E-state index is 12.6. The van der Waals surface area contributed by atoms with Gasteiger partial charge in [-0.05, 0) is 31.0 Å². The molecule has 0 saturated carbocycles. The number of aliphatic imine (C=N–C) groups is 1. The van der Waals surface area contributed by atoms with E-state index in [4.69, 9.17) is 16.6 Å². The van der Waals surface area contributed by atoms with Gasteiger partial charge in [0.05, 0.1) is 19.6 Å². The molecule has 1 saturated heterocycles. The van der Waals surface area contributed by atoms with Crippen LogP contribution in [0.25, 0.3) is 0 Å². The van der Waals surface area contributed by atoms with Crippen molar-refractivity contribution in [3.05, 3.63) is 34.9 Å². The van der Waals surface area contributed by atoms with Crippen LogP contribution in [-0.2, 0) is 11.2 Å². The van der Waals surface area contributed by atoms with Crippen molar-refractivity contribution < 1.29 is 9.90 Å². The zero-order chi connectivity index (χ0) is 20.6. The van der Waals surface area contributed by atoms with Crippen LogP contribution in [0.2, 0.25) is 5.02 Å². The quantitative estimate of drug-likeness (QED) is 0.537. The molecule has 6 nitrogen and oxygen atoms in total. The third-order valence-electron chi connectivity index (χ3n) is 5.36. The van der Waals surface area contributed by atoms with E-state index in [2.05, 4.69) is 17.1 Å². The van der Waals surface area contributed by atoms with E-state index in [1.807, 2.05) is 43.0 Å². The average molecular weight is 409 g/mol. The van der Waals surface area contributed by atoms with E-state index in [0.29, 0.717) is 31.1 Å². The number of carbonyl (C=O) groups excluding carboxylic acids is 1. The summed E-state index contributed by atoms with van der Waals surface area (Å²) in [6.07, 6.45) is 1.25. The molecule has 0 aromatic heterocycles. The van der Waals surface area contributed by atoms with Crippen LogP contribution in [0.15, 0.2) is 29.3 Å². The summed E-state index contributed by atoms with van der Waals surface area (Å²) < 4.78 is 0. The molecule has 1 unspecified atom stereocenters. The van der Waals surface area contributed by atoms with Crippen LogP contribution in [0.1, 0.15) is 32.8 Å². The lowest BCUT2D eigenvalue weighted by Crippen LogP contribution is -2.54. The molecule has 2 N–H and O–H groups in total. The normalized spacial score (nSPS) is 17.4. The molecule has 0 radical (unpaired) electrons. The Morgan fingerprint density at radius 2 is 1.93 bits per heavy atom. The van der Waals surface area contributed by atoms with Crippen molar-refractivity contribution in [2.45, 2.75) is 33.6 Å². The van der Waals surface area contributed by atoms with Gasteiger partial charge < -0.3 is 20.2 Å². The second-order valence-corrected chi connectivity index (χ2v) is 8.10. The van der Waals surface area contributed by atoms with Crippen LogP contribution >= 0.6 is 11.6 Å². The number of hydrogen-bond acceptors (Lipinski definition) is 3. The number of aliphatic hydroxyl groups excluding tert-OH is 1. The fourth-order valence-electron chi connectivity index (χ4n) is 3.07. The van der Waals surface area contributed by atoms with Crippen LogP contribution in [0, 0.1) is 5.41 Å². The Morgan fingerprint density at radius 1 is 1.25 bits per heavy atom. The zero-order valence-electron chi connectivity index (χ0n) is 17.2. The first-order valence-corrected chi connectivity index (χ1v) is 10.4. The number of aliphatic hydroxyl groups is 1. The molecular formula is C21H33ClN4O2. The Balaban J connectivity index is 1.93. The second kappa shape index (κ2) is 10.7. The highest BCUT2D eigenvalue weighted by Gasteiger charge is 2.25. The summed E-state index contributed by atoms with van der Waals surface area (Å²) in [5.41, 5.74) is 0.743. The summed E-state index contributed by atoms with van der Waals surface area (Å²) in [6, 6.07) is 7.47. The Bertz CT molecular complexity index is 668. The fourth-order valence-corrected chi connectivity index (χ4v) is 3.28. The monoisotopic (exact) mass is 408 g/mol. The SMILES string of the molecule is CCNC(=NCC(C)(CC)CO)N1CCN(C(=O)Cc2cccc(Cl)c2)CC1. The lowest BCUT2D eigenvalue weighted by atomic mass is 9.89. The largest absolute Gasteiger partial charge is 0.396 e. The number of rotatable bonds is 7. The van der Waals surface area contributed by atoms with Crippen molar-refractivity contribution in [2.75, 3.05) is 45.9 Å². The first-order chi connectivity index (χ1) is 13.4. The molecule has 1 aromatic carbocycles. The number of amides is 1. The van der Waals surface area contributed by atoms with Gasteiger partial charge in [-0.1, -0.05) is 37.6 Å². The van der Waals surface area contributed by atoms with Crippen molar-refractivity contribution in [2.24, 2.45) is 10.4 Å². The minimum Gasteiger partial charge on any atom is -0.396 e. The molecule has 1 fully saturated rings. The smallest absolute Gasteiger partial charge is 0.227 e. The predicted octanol–water partition coefficient (Wildman–Crippen LogP) is 2.40. The Labute approximate surface area is 173 Å². The number of piperazine rings is 1. The molecule has 1 aliphatic rings. The zero-order valence-corrected chi connectivity index (χ0v) is 18.0. The van der Waals surface area contributed by atoms with Gasteiger partial charge in [0.25, 0.3) is 0 Å². The van der Waals surface area contributed by atoms with Gasteiger partial charge in [-0.15, -0.1) is 0 Å². The molecule has 7 heteroatoms. The van der Waals surface area contributed by atoms with Gasteiger partial charge in [0.2, 0.25) is 5.91 Å². The van der Waals surface area contributed by atoms with Crippen molar-refractivity contribution in [3.8, 4) is 0 Å². The topological polar surface area (TPSA) is 68.2 Å². The second-order valence-electron chi connectivity index (χ2n) is 7.67. The van der Waals surface area contributed by atoms with Crippen LogP contribution in [0.5, 0.6) is 0 Å². The Morgan fingerprint density at radius 3 is 2.50 bits per heavy atom. The summed E-state index contributed by atoms with van der Waals surface area (Å²) in [4.78, 5) is 21.5. The maximum Gasteiger partial charge on any atom is 0.227 e. The average Bonchev–Trinajstić information content (AvgIpc) is 2.71. The van der Waals surface area contributed by atoms with E-state index in [-0.39, 0.29) is 17.9 Å². The van der Waals surface area contributed by atoms with Crippen LogP contribution in [0.4, 0.5) is 0 Å². The van der Waals surface area contributed by atoms with Gasteiger partial charge >= 0.3 is 0 Å². The molecule has 1 amide bonds. The molecule has 1 aromatic rings. The van der Waals surface area contributed by atoms with Crippen molar-refractivity contribution in [3.63, 3.8) is 0 Å². The highest BCUT2D eigenvalue weighted by molar-refractivity contribution is 6.30. The number of benzene rings is 1. The van der Waals surface area contributed by atoms with E-state index in [1.54, 1.807) is 0 Å². The summed E-state index contributed by atoms with van der Waals surface area (Å²) in [5, 5.41) is 13.6. The maximum atomic E-state index is 12.6. The highest BCUT2D eigenvalue weighted by Crippen LogP contribution is 2.20. The van der Waals surface area contributed by atoms with Gasteiger partial charge in [-0.25, -0.2) is 0 Å². The third kappa shape index (κ3) is 6.38. The van der Waals surface area contributed by atoms with Crippen LogP contribution in [0.3, 0.4) is 0 Å². The van der Waals surface area contributed by atoms with Gasteiger partial charge in [0.1, 0.15) is 0 Å². The highest BCUT2D eigenvalue weighted by atomic mass is 35.5. The van der Waals surface area contributed by atoms with E-state index >= 15 is 0 Å². The molecule has 1 atom stereocenters. The van der Waals surface area contributed by atoms with E-state index in [1.165, 1.54) is 0 Å². The molecule has 1 aliphatic heterocycles. The van der Waals surface area contributed by atoms with Gasteiger partial charge in [-0.3, -0.25) is 9.79 Å². The van der Waals surface area contributed by atoms with Gasteiger partial charge in [0.15, 0.2) is 5.96 Å². The number of halogens is 1. The molecular weight excluding hydrogens is 376 g/mol. The molecule has 0 aliphatic carbocycles. The minimum atomic E-state index is -0.199. The Kier molecular flexibility index (Phi) is 8.58. The molecule has 0 spiro atoms. The third-order valence-corrected chi connectivity index (χ3v) is 5.59. The molecule has 1 heterocycles. The number of nitrogens with one attached hydrogen (secondary N) is 1. The summed E-state index contributed by atoms with van der Waals surface area (Å²) in [6.45, 7) is 10.5. The van der Waals surface area contributed by atoms with E-state index in [9.17, 15) is 9.90 Å². The van der Waals surface area contributed by atoms with Crippen LogP contribution in [-0.4, -0.2) is 72.6 Å². The standard InChI is InChI=1S/C21H33ClN4O2/c1-4-21(3,16-27)15-24-20(23-5-2)26-11-9-25(10-12-26)19(28)14-17-7-6-8-18(22)13-17/h6-8,13,27H,4-5,9-12,14-16H2,1-3H3,(H,23,24). The van der Waals surface area contributed by atoms with Crippen molar-refractivity contribution >= 4 is 23.5 Å². The number of hydrogen-bond donors (Lipinski definition) is 2. The van der Waals surface area contributed by atoms with Gasteiger partial charge in [-0.2, -0.15) is 0 Å². The lowest BCUT2D eigenvalue weighted by Gasteiger charge is -2.37. The predicted molar refractivity (Wildman–Crippen MR) is 115 cm³/mol. The minimum absolute atomic E-state index is 0.123. The molecule has 156 valence electrons. The molecule has 28 heavy (non-hydrogen) atoms. The number of guanidine groups is 1. The number of nitrogens with zero attached hydrogens (tertiary/aromatic N) is 3.